The number of hydrogen-bond donors (Lipinski definition) is 2. The lowest BCUT2D eigenvalue weighted by atomic mass is 9.68. The lowest BCUT2D eigenvalue weighted by Gasteiger charge is -2.43. The minimum atomic E-state index is -1.01. The van der Waals surface area contributed by atoms with E-state index >= 15 is 0 Å². The van der Waals surface area contributed by atoms with Gasteiger partial charge in [0.15, 0.2) is 0 Å². The van der Waals surface area contributed by atoms with Crippen molar-refractivity contribution in [2.45, 2.75) is 66.3 Å². The Hall–Kier alpha value is -1.06. The van der Waals surface area contributed by atoms with E-state index in [1.807, 2.05) is 0 Å². The number of carboxylic acids is 1. The highest BCUT2D eigenvalue weighted by molar-refractivity contribution is 5.84. The Balaban J connectivity index is 2.07. The van der Waals surface area contributed by atoms with Crippen LogP contribution < -0.4 is 5.32 Å². The van der Waals surface area contributed by atoms with E-state index < -0.39 is 11.4 Å². The van der Waals surface area contributed by atoms with Crippen molar-refractivity contribution in [3.8, 4) is 0 Å². The van der Waals surface area contributed by atoms with Crippen molar-refractivity contribution >= 4 is 11.9 Å². The molecule has 4 heteroatoms. The molecule has 0 heterocycles. The van der Waals surface area contributed by atoms with Crippen molar-refractivity contribution in [2.24, 2.45) is 22.2 Å². The van der Waals surface area contributed by atoms with Crippen molar-refractivity contribution in [1.82, 2.24) is 5.32 Å². The maximum atomic E-state index is 12.3. The lowest BCUT2D eigenvalue weighted by molar-refractivity contribution is -0.149. The van der Waals surface area contributed by atoms with Crippen molar-refractivity contribution < 1.29 is 14.7 Å². The molecule has 2 saturated carbocycles. The third-order valence-corrected chi connectivity index (χ3v) is 5.76. The first kappa shape index (κ1) is 15.3. The predicted molar refractivity (Wildman–Crippen MR) is 77.2 cm³/mol. The topological polar surface area (TPSA) is 66.4 Å². The molecule has 2 bridgehead atoms. The average molecular weight is 281 g/mol. The highest BCUT2D eigenvalue weighted by Gasteiger charge is 2.59. The number of aliphatic carboxylic acids is 1. The molecular weight excluding hydrogens is 254 g/mol. The Morgan fingerprint density at radius 2 is 1.90 bits per heavy atom. The summed E-state index contributed by atoms with van der Waals surface area (Å²) in [7, 11) is 0. The molecule has 2 aliphatic rings. The van der Waals surface area contributed by atoms with E-state index in [1.54, 1.807) is 13.8 Å². The third-order valence-electron chi connectivity index (χ3n) is 5.76. The minimum Gasteiger partial charge on any atom is -0.481 e. The largest absolute Gasteiger partial charge is 0.481 e. The summed E-state index contributed by atoms with van der Waals surface area (Å²) in [5.74, 6) is -0.388. The molecule has 114 valence electrons. The quantitative estimate of drug-likeness (QED) is 0.832. The summed E-state index contributed by atoms with van der Waals surface area (Å²) in [6.07, 6.45) is 3.62. The number of rotatable bonds is 4. The number of hydrogen-bond acceptors (Lipinski definition) is 2. The second-order valence-electron chi connectivity index (χ2n) is 8.28. The Morgan fingerprint density at radius 1 is 1.30 bits per heavy atom. The first-order valence-corrected chi connectivity index (χ1v) is 7.52. The molecule has 1 amide bonds. The molecule has 2 fully saturated rings. The van der Waals surface area contributed by atoms with Crippen LogP contribution in [0.15, 0.2) is 0 Å². The van der Waals surface area contributed by atoms with Gasteiger partial charge in [0, 0.05) is 12.5 Å². The summed E-state index contributed by atoms with van der Waals surface area (Å²) in [5, 5.41) is 12.3. The fourth-order valence-corrected chi connectivity index (χ4v) is 4.35. The number of carboxylic acid groups (broad SMARTS) is 1. The molecule has 0 aromatic heterocycles. The molecule has 0 aromatic rings. The summed E-state index contributed by atoms with van der Waals surface area (Å²) in [6.45, 7) is 9.92. The van der Waals surface area contributed by atoms with Crippen molar-refractivity contribution in [3.05, 3.63) is 0 Å². The van der Waals surface area contributed by atoms with E-state index in [0.29, 0.717) is 5.92 Å². The van der Waals surface area contributed by atoms with Gasteiger partial charge in [-0.3, -0.25) is 9.59 Å². The van der Waals surface area contributed by atoms with Crippen molar-refractivity contribution in [2.75, 3.05) is 0 Å². The van der Waals surface area contributed by atoms with Gasteiger partial charge in [-0.15, -0.1) is 0 Å². The van der Waals surface area contributed by atoms with Crippen LogP contribution in [0.25, 0.3) is 0 Å². The van der Waals surface area contributed by atoms with Gasteiger partial charge in [-0.05, 0) is 49.9 Å². The third kappa shape index (κ3) is 2.33. The maximum Gasteiger partial charge on any atom is 0.309 e. The molecule has 3 atom stereocenters. The normalized spacial score (nSPS) is 35.0. The van der Waals surface area contributed by atoms with Crippen LogP contribution in [0.1, 0.15) is 60.3 Å². The van der Waals surface area contributed by atoms with Crippen LogP contribution >= 0.6 is 0 Å². The predicted octanol–water partition coefficient (Wildman–Crippen LogP) is 2.82. The second kappa shape index (κ2) is 4.47. The van der Waals surface area contributed by atoms with E-state index in [0.717, 1.165) is 6.42 Å². The molecule has 2 aliphatic carbocycles. The maximum absolute atomic E-state index is 12.3. The number of carbonyl (C=O) groups is 2. The molecule has 0 radical (unpaired) electrons. The zero-order chi connectivity index (χ0) is 15.3. The van der Waals surface area contributed by atoms with Crippen molar-refractivity contribution in [1.29, 1.82) is 0 Å². The number of amides is 1. The van der Waals surface area contributed by atoms with Crippen LogP contribution in [0.3, 0.4) is 0 Å². The summed E-state index contributed by atoms with van der Waals surface area (Å²) in [4.78, 5) is 23.4. The van der Waals surface area contributed by atoms with Gasteiger partial charge in [0.2, 0.25) is 5.91 Å². The number of carbonyl (C=O) groups excluding carboxylic acids is 1. The molecule has 0 spiro atoms. The summed E-state index contributed by atoms with van der Waals surface area (Å²) in [5.41, 5.74) is -0.722. The zero-order valence-electron chi connectivity index (χ0n) is 13.2. The molecule has 0 aromatic carbocycles. The van der Waals surface area contributed by atoms with Gasteiger partial charge < -0.3 is 10.4 Å². The Morgan fingerprint density at radius 3 is 2.35 bits per heavy atom. The van der Waals surface area contributed by atoms with Gasteiger partial charge in [-0.25, -0.2) is 0 Å². The van der Waals surface area contributed by atoms with Crippen LogP contribution in [0.5, 0.6) is 0 Å². The van der Waals surface area contributed by atoms with Gasteiger partial charge in [-0.1, -0.05) is 20.8 Å². The van der Waals surface area contributed by atoms with Crippen molar-refractivity contribution in [3.63, 3.8) is 0 Å². The number of fused-ring (bicyclic) bond motifs is 2. The zero-order valence-corrected chi connectivity index (χ0v) is 13.2. The van der Waals surface area contributed by atoms with Crippen LogP contribution in [0.4, 0.5) is 0 Å². The first-order chi connectivity index (χ1) is 8.99. The number of nitrogens with one attached hydrogen (secondary N) is 1. The first-order valence-electron chi connectivity index (χ1n) is 7.52. The van der Waals surface area contributed by atoms with E-state index in [4.69, 9.17) is 5.11 Å². The highest BCUT2D eigenvalue weighted by atomic mass is 16.4. The van der Waals surface area contributed by atoms with Gasteiger partial charge in [-0.2, -0.15) is 0 Å². The standard InChI is InChI=1S/C16H27NO3/c1-14(2,13(19)20)9-11(18)17-12-15(3,4)10-6-7-16(12,5)8-10/h10,12H,6-9H2,1-5H3,(H,17,18)(H,19,20). The van der Waals surface area contributed by atoms with Gasteiger partial charge in [0.25, 0.3) is 0 Å². The van der Waals surface area contributed by atoms with Crippen LogP contribution in [-0.4, -0.2) is 23.0 Å². The molecule has 0 saturated heterocycles. The van der Waals surface area contributed by atoms with Crippen LogP contribution in [0.2, 0.25) is 0 Å². The Bertz CT molecular complexity index is 436. The SMILES string of the molecule is CC(C)(CC(=O)NC1C2(C)CCC(C2)C1(C)C)C(=O)O. The van der Waals surface area contributed by atoms with Gasteiger partial charge in [0.1, 0.15) is 0 Å². The van der Waals surface area contributed by atoms with Gasteiger partial charge in [0.05, 0.1) is 5.41 Å². The molecular formula is C16H27NO3. The molecule has 20 heavy (non-hydrogen) atoms. The molecule has 2 N–H and O–H groups in total. The Labute approximate surface area is 121 Å². The molecule has 4 nitrogen and oxygen atoms in total. The average Bonchev–Trinajstić information content (AvgIpc) is 2.75. The van der Waals surface area contributed by atoms with E-state index in [-0.39, 0.29) is 29.2 Å². The van der Waals surface area contributed by atoms with E-state index in [9.17, 15) is 9.59 Å². The monoisotopic (exact) mass is 281 g/mol. The molecule has 2 rings (SSSR count). The Kier molecular flexibility index (Phi) is 3.43. The minimum absolute atomic E-state index is 0.0374. The smallest absolute Gasteiger partial charge is 0.309 e. The molecule has 3 unspecified atom stereocenters. The van der Waals surface area contributed by atoms with Gasteiger partial charge >= 0.3 is 5.97 Å². The lowest BCUT2D eigenvalue weighted by Crippen LogP contribution is -2.53. The fraction of sp³-hybridized carbons (Fsp3) is 0.875. The molecule has 0 aliphatic heterocycles. The summed E-state index contributed by atoms with van der Waals surface area (Å²) < 4.78 is 0. The second-order valence-corrected chi connectivity index (χ2v) is 8.28. The van der Waals surface area contributed by atoms with Crippen LogP contribution in [0, 0.1) is 22.2 Å². The summed E-state index contributed by atoms with van der Waals surface area (Å²) in [6, 6.07) is 0.158. The van der Waals surface area contributed by atoms with E-state index in [1.165, 1.54) is 12.8 Å². The summed E-state index contributed by atoms with van der Waals surface area (Å²) >= 11 is 0. The fourth-order valence-electron chi connectivity index (χ4n) is 4.35. The van der Waals surface area contributed by atoms with Crippen LogP contribution in [-0.2, 0) is 9.59 Å². The van der Waals surface area contributed by atoms with E-state index in [2.05, 4.69) is 26.1 Å². The highest BCUT2D eigenvalue weighted by Crippen LogP contribution is 2.62.